The summed E-state index contributed by atoms with van der Waals surface area (Å²) < 4.78 is 0. The number of para-hydroxylation sites is 1. The van der Waals surface area contributed by atoms with Gasteiger partial charge in [-0.1, -0.05) is 18.2 Å². The van der Waals surface area contributed by atoms with Crippen molar-refractivity contribution in [2.24, 2.45) is 5.73 Å². The molecule has 1 aromatic carbocycles. The topological polar surface area (TPSA) is 70.1 Å². The highest BCUT2D eigenvalue weighted by molar-refractivity contribution is 5.80. The summed E-state index contributed by atoms with van der Waals surface area (Å²) in [6, 6.07) is 8.91. The first-order chi connectivity index (χ1) is 6.24. The van der Waals surface area contributed by atoms with E-state index in [9.17, 15) is 4.79 Å². The standard InChI is InChI=1S/C9H9N3O/c10-7-12(6-9(11)13)8-4-2-1-3-5-8/h1-5H,6H2,(H2,11,13). The Morgan fingerprint density at radius 1 is 1.46 bits per heavy atom. The molecule has 0 spiro atoms. The maximum atomic E-state index is 10.6. The monoisotopic (exact) mass is 175 g/mol. The lowest BCUT2D eigenvalue weighted by atomic mass is 10.3. The van der Waals surface area contributed by atoms with Crippen molar-refractivity contribution in [3.05, 3.63) is 30.3 Å². The van der Waals surface area contributed by atoms with Crippen LogP contribution in [0, 0.1) is 11.5 Å². The highest BCUT2D eigenvalue weighted by Crippen LogP contribution is 2.10. The second kappa shape index (κ2) is 4.12. The molecule has 0 saturated carbocycles. The van der Waals surface area contributed by atoms with Gasteiger partial charge in [0.2, 0.25) is 5.91 Å². The Morgan fingerprint density at radius 3 is 2.54 bits per heavy atom. The van der Waals surface area contributed by atoms with Gasteiger partial charge in [-0.2, -0.15) is 5.26 Å². The van der Waals surface area contributed by atoms with Crippen LogP contribution in [0.1, 0.15) is 0 Å². The summed E-state index contributed by atoms with van der Waals surface area (Å²) >= 11 is 0. The number of nitriles is 1. The zero-order chi connectivity index (χ0) is 9.68. The number of primary amides is 1. The summed E-state index contributed by atoms with van der Waals surface area (Å²) in [4.78, 5) is 11.8. The lowest BCUT2D eigenvalue weighted by Crippen LogP contribution is -2.29. The Bertz CT molecular complexity index is 328. The van der Waals surface area contributed by atoms with Gasteiger partial charge in [0.15, 0.2) is 6.19 Å². The van der Waals surface area contributed by atoms with E-state index in [1.165, 1.54) is 4.90 Å². The van der Waals surface area contributed by atoms with Gasteiger partial charge in [0.1, 0.15) is 6.54 Å². The number of hydrogen-bond donors (Lipinski definition) is 1. The minimum atomic E-state index is -0.523. The van der Waals surface area contributed by atoms with Crippen LogP contribution in [0.5, 0.6) is 0 Å². The van der Waals surface area contributed by atoms with E-state index in [1.807, 2.05) is 12.3 Å². The molecule has 2 N–H and O–H groups in total. The van der Waals surface area contributed by atoms with Crippen LogP contribution in [0.3, 0.4) is 0 Å². The van der Waals surface area contributed by atoms with Crippen molar-refractivity contribution in [2.75, 3.05) is 11.4 Å². The van der Waals surface area contributed by atoms with Crippen LogP contribution < -0.4 is 10.6 Å². The molecule has 0 aromatic heterocycles. The average molecular weight is 175 g/mol. The summed E-state index contributed by atoms with van der Waals surface area (Å²) in [7, 11) is 0. The first kappa shape index (κ1) is 9.07. The van der Waals surface area contributed by atoms with Crippen molar-refractivity contribution in [1.29, 1.82) is 5.26 Å². The van der Waals surface area contributed by atoms with Crippen LogP contribution in [0.25, 0.3) is 0 Å². The Kier molecular flexibility index (Phi) is 2.87. The van der Waals surface area contributed by atoms with E-state index in [-0.39, 0.29) is 6.54 Å². The average Bonchev–Trinajstić information content (AvgIpc) is 2.15. The lowest BCUT2D eigenvalue weighted by Gasteiger charge is -2.12. The largest absolute Gasteiger partial charge is 0.368 e. The molecule has 0 bridgehead atoms. The van der Waals surface area contributed by atoms with Crippen LogP contribution in [0.2, 0.25) is 0 Å². The zero-order valence-electron chi connectivity index (χ0n) is 6.97. The molecule has 0 heterocycles. The molecule has 66 valence electrons. The van der Waals surface area contributed by atoms with Crippen LogP contribution >= 0.6 is 0 Å². The quantitative estimate of drug-likeness (QED) is 0.536. The number of rotatable bonds is 3. The maximum Gasteiger partial charge on any atom is 0.238 e. The minimum Gasteiger partial charge on any atom is -0.368 e. The first-order valence-electron chi connectivity index (χ1n) is 3.74. The fourth-order valence-electron chi connectivity index (χ4n) is 0.948. The van der Waals surface area contributed by atoms with Crippen LogP contribution in [-0.4, -0.2) is 12.5 Å². The number of amides is 1. The third-order valence-corrected chi connectivity index (χ3v) is 1.50. The van der Waals surface area contributed by atoms with Gasteiger partial charge in [-0.15, -0.1) is 0 Å². The first-order valence-corrected chi connectivity index (χ1v) is 3.74. The Morgan fingerprint density at radius 2 is 2.08 bits per heavy atom. The molecule has 0 radical (unpaired) electrons. The summed E-state index contributed by atoms with van der Waals surface area (Å²) in [5.41, 5.74) is 5.64. The predicted octanol–water partition coefficient (Wildman–Crippen LogP) is 0.459. The highest BCUT2D eigenvalue weighted by Gasteiger charge is 2.06. The molecule has 4 heteroatoms. The minimum absolute atomic E-state index is 0.0828. The van der Waals surface area contributed by atoms with Crippen molar-refractivity contribution >= 4 is 11.6 Å². The van der Waals surface area contributed by atoms with E-state index in [0.29, 0.717) is 5.69 Å². The van der Waals surface area contributed by atoms with Crippen LogP contribution in [0.15, 0.2) is 30.3 Å². The van der Waals surface area contributed by atoms with Gasteiger partial charge in [-0.3, -0.25) is 9.69 Å². The molecule has 13 heavy (non-hydrogen) atoms. The highest BCUT2D eigenvalue weighted by atomic mass is 16.1. The van der Waals surface area contributed by atoms with E-state index in [1.54, 1.807) is 24.3 Å². The van der Waals surface area contributed by atoms with E-state index in [4.69, 9.17) is 11.0 Å². The van der Waals surface area contributed by atoms with Crippen LogP contribution in [0.4, 0.5) is 5.69 Å². The molecule has 4 nitrogen and oxygen atoms in total. The SMILES string of the molecule is N#CN(CC(N)=O)c1ccccc1. The summed E-state index contributed by atoms with van der Waals surface area (Å²) in [5, 5.41) is 8.70. The fraction of sp³-hybridized carbons (Fsp3) is 0.111. The van der Waals surface area contributed by atoms with Gasteiger partial charge in [-0.05, 0) is 12.1 Å². The molecule has 0 aliphatic carbocycles. The molecular formula is C9H9N3O. The van der Waals surface area contributed by atoms with Gasteiger partial charge in [0, 0.05) is 0 Å². The smallest absolute Gasteiger partial charge is 0.238 e. The van der Waals surface area contributed by atoms with Crippen molar-refractivity contribution in [3.63, 3.8) is 0 Å². The number of anilines is 1. The number of carbonyl (C=O) groups is 1. The molecule has 1 amide bonds. The summed E-state index contributed by atoms with van der Waals surface area (Å²) in [6.07, 6.45) is 1.88. The molecule has 0 atom stereocenters. The second-order valence-electron chi connectivity index (χ2n) is 2.49. The summed E-state index contributed by atoms with van der Waals surface area (Å²) in [5.74, 6) is -0.523. The molecule has 0 fully saturated rings. The van der Waals surface area contributed by atoms with Gasteiger partial charge in [0.25, 0.3) is 0 Å². The molecule has 1 aromatic rings. The molecule has 0 unspecified atom stereocenters. The predicted molar refractivity (Wildman–Crippen MR) is 48.6 cm³/mol. The number of nitrogens with zero attached hydrogens (tertiary/aromatic N) is 2. The van der Waals surface area contributed by atoms with Gasteiger partial charge < -0.3 is 5.73 Å². The van der Waals surface area contributed by atoms with Crippen molar-refractivity contribution < 1.29 is 4.79 Å². The Balaban J connectivity index is 2.80. The van der Waals surface area contributed by atoms with E-state index in [2.05, 4.69) is 0 Å². The molecular weight excluding hydrogens is 166 g/mol. The van der Waals surface area contributed by atoms with Crippen molar-refractivity contribution in [1.82, 2.24) is 0 Å². The zero-order valence-corrected chi connectivity index (χ0v) is 6.97. The van der Waals surface area contributed by atoms with E-state index < -0.39 is 5.91 Å². The lowest BCUT2D eigenvalue weighted by molar-refractivity contribution is -0.116. The van der Waals surface area contributed by atoms with Crippen LogP contribution in [-0.2, 0) is 4.79 Å². The molecule has 0 aliphatic heterocycles. The van der Waals surface area contributed by atoms with Crippen molar-refractivity contribution in [2.45, 2.75) is 0 Å². The molecule has 0 aliphatic rings. The van der Waals surface area contributed by atoms with Gasteiger partial charge in [0.05, 0.1) is 5.69 Å². The van der Waals surface area contributed by atoms with E-state index in [0.717, 1.165) is 0 Å². The molecule has 1 rings (SSSR count). The maximum absolute atomic E-state index is 10.6. The number of benzene rings is 1. The van der Waals surface area contributed by atoms with Gasteiger partial charge >= 0.3 is 0 Å². The number of nitrogens with two attached hydrogens (primary N) is 1. The third-order valence-electron chi connectivity index (χ3n) is 1.50. The van der Waals surface area contributed by atoms with Gasteiger partial charge in [-0.25, -0.2) is 0 Å². The normalized spacial score (nSPS) is 8.85. The van der Waals surface area contributed by atoms with E-state index >= 15 is 0 Å². The number of carbonyl (C=O) groups excluding carboxylic acids is 1. The fourth-order valence-corrected chi connectivity index (χ4v) is 0.948. The number of hydrogen-bond acceptors (Lipinski definition) is 3. The van der Waals surface area contributed by atoms with Crippen molar-refractivity contribution in [3.8, 4) is 6.19 Å². The third kappa shape index (κ3) is 2.49. The molecule has 0 saturated heterocycles. The Labute approximate surface area is 76.2 Å². The Hall–Kier alpha value is -2.02. The summed E-state index contributed by atoms with van der Waals surface area (Å²) in [6.45, 7) is -0.0828. The second-order valence-corrected chi connectivity index (χ2v) is 2.49.